The van der Waals surface area contributed by atoms with Gasteiger partial charge in [0.15, 0.2) is 0 Å². The highest BCUT2D eigenvalue weighted by Crippen LogP contribution is 2.30. The second-order valence-electron chi connectivity index (χ2n) is 6.67. The van der Waals surface area contributed by atoms with E-state index in [1.807, 2.05) is 18.4 Å². The number of hydrogen-bond donors (Lipinski definition) is 3. The third-order valence-electron chi connectivity index (χ3n) is 4.85. The fourth-order valence-corrected chi connectivity index (χ4v) is 3.62. The zero-order valence-electron chi connectivity index (χ0n) is 13.6. The standard InChI is InChI=1S/C19H22N4O/c20-19-10-18(22-14-2-1-3-15(24)9-14)16-5-4-12(8-17(16)23-19)13-6-7-21-11-13/h4-8,10,14-15,24H,1-3,9,11H2,(H3,20,22,23). The summed E-state index contributed by atoms with van der Waals surface area (Å²) in [6, 6.07) is 8.46. The zero-order chi connectivity index (χ0) is 16.5. The highest BCUT2D eigenvalue weighted by Gasteiger charge is 2.21. The van der Waals surface area contributed by atoms with Gasteiger partial charge in [-0.05, 0) is 49.0 Å². The molecule has 2 atom stereocenters. The molecule has 5 nitrogen and oxygen atoms in total. The predicted octanol–water partition coefficient (Wildman–Crippen LogP) is 3.00. The Kier molecular flexibility index (Phi) is 3.94. The predicted molar refractivity (Wildman–Crippen MR) is 99.4 cm³/mol. The van der Waals surface area contributed by atoms with Crippen molar-refractivity contribution < 1.29 is 5.11 Å². The van der Waals surface area contributed by atoms with Crippen molar-refractivity contribution in [2.45, 2.75) is 37.8 Å². The van der Waals surface area contributed by atoms with Gasteiger partial charge in [0.1, 0.15) is 5.82 Å². The van der Waals surface area contributed by atoms with E-state index in [0.29, 0.717) is 5.82 Å². The first-order valence-electron chi connectivity index (χ1n) is 8.53. The second-order valence-corrected chi connectivity index (χ2v) is 6.67. The van der Waals surface area contributed by atoms with Crippen LogP contribution in [-0.2, 0) is 0 Å². The number of benzene rings is 1. The van der Waals surface area contributed by atoms with Crippen LogP contribution in [0.1, 0.15) is 31.2 Å². The molecule has 2 aliphatic rings. The molecule has 5 heteroatoms. The lowest BCUT2D eigenvalue weighted by atomic mass is 9.92. The minimum absolute atomic E-state index is 0.206. The monoisotopic (exact) mass is 322 g/mol. The average Bonchev–Trinajstić information content (AvgIpc) is 3.08. The number of nitrogens with one attached hydrogen (secondary N) is 1. The summed E-state index contributed by atoms with van der Waals surface area (Å²) < 4.78 is 0. The third-order valence-corrected chi connectivity index (χ3v) is 4.85. The Bertz CT molecular complexity index is 827. The van der Waals surface area contributed by atoms with Crippen molar-refractivity contribution in [2.24, 2.45) is 4.99 Å². The first-order valence-corrected chi connectivity index (χ1v) is 8.53. The molecule has 0 amide bonds. The largest absolute Gasteiger partial charge is 0.393 e. The number of rotatable bonds is 3. The molecule has 124 valence electrons. The van der Waals surface area contributed by atoms with Crippen molar-refractivity contribution in [3.8, 4) is 0 Å². The average molecular weight is 322 g/mol. The third kappa shape index (κ3) is 2.99. The molecule has 1 aromatic carbocycles. The number of aliphatic imine (C=N–C) groups is 1. The molecule has 4 N–H and O–H groups in total. The van der Waals surface area contributed by atoms with Crippen molar-refractivity contribution in [3.63, 3.8) is 0 Å². The van der Waals surface area contributed by atoms with Crippen molar-refractivity contribution >= 4 is 34.2 Å². The Morgan fingerprint density at radius 1 is 1.21 bits per heavy atom. The van der Waals surface area contributed by atoms with E-state index in [1.54, 1.807) is 0 Å². The Balaban J connectivity index is 1.67. The Morgan fingerprint density at radius 2 is 2.12 bits per heavy atom. The van der Waals surface area contributed by atoms with Gasteiger partial charge in [0.25, 0.3) is 0 Å². The summed E-state index contributed by atoms with van der Waals surface area (Å²) in [6.07, 6.45) is 7.48. The minimum Gasteiger partial charge on any atom is -0.393 e. The van der Waals surface area contributed by atoms with Crippen molar-refractivity contribution in [1.29, 1.82) is 0 Å². The van der Waals surface area contributed by atoms with Gasteiger partial charge < -0.3 is 16.2 Å². The quantitative estimate of drug-likeness (QED) is 0.811. The SMILES string of the molecule is Nc1cc(NC2CCCC(O)C2)c2ccc(C3=CC=NC3)cc2n1. The highest BCUT2D eigenvalue weighted by molar-refractivity contribution is 5.97. The molecule has 0 bridgehead atoms. The maximum Gasteiger partial charge on any atom is 0.126 e. The molecule has 1 aromatic heterocycles. The molecule has 2 heterocycles. The van der Waals surface area contributed by atoms with E-state index < -0.39 is 0 Å². The number of nitrogens with zero attached hydrogens (tertiary/aromatic N) is 2. The van der Waals surface area contributed by atoms with Gasteiger partial charge in [-0.15, -0.1) is 0 Å². The normalized spacial score (nSPS) is 23.5. The number of anilines is 2. The highest BCUT2D eigenvalue weighted by atomic mass is 16.3. The molecule has 0 radical (unpaired) electrons. The summed E-state index contributed by atoms with van der Waals surface area (Å²) in [6.45, 7) is 0.721. The number of allylic oxidation sites excluding steroid dienone is 1. The summed E-state index contributed by atoms with van der Waals surface area (Å²) >= 11 is 0. The van der Waals surface area contributed by atoms with Crippen LogP contribution in [0.2, 0.25) is 0 Å². The van der Waals surface area contributed by atoms with Crippen LogP contribution < -0.4 is 11.1 Å². The number of aliphatic hydroxyl groups excluding tert-OH is 1. The molecule has 0 spiro atoms. The smallest absolute Gasteiger partial charge is 0.126 e. The second kappa shape index (κ2) is 6.24. The van der Waals surface area contributed by atoms with Crippen LogP contribution in [0.15, 0.2) is 35.3 Å². The fraction of sp³-hybridized carbons (Fsp3) is 0.368. The van der Waals surface area contributed by atoms with Gasteiger partial charge in [-0.3, -0.25) is 4.99 Å². The first-order chi connectivity index (χ1) is 11.7. The van der Waals surface area contributed by atoms with Gasteiger partial charge in [-0.2, -0.15) is 0 Å². The molecule has 1 saturated carbocycles. The number of pyridine rings is 1. The topological polar surface area (TPSA) is 83.5 Å². The zero-order valence-corrected chi connectivity index (χ0v) is 13.6. The van der Waals surface area contributed by atoms with E-state index in [9.17, 15) is 5.11 Å². The van der Waals surface area contributed by atoms with Crippen molar-refractivity contribution in [1.82, 2.24) is 4.98 Å². The van der Waals surface area contributed by atoms with Crippen LogP contribution in [0.25, 0.3) is 16.5 Å². The van der Waals surface area contributed by atoms with Gasteiger partial charge in [-0.25, -0.2) is 4.98 Å². The van der Waals surface area contributed by atoms with Crippen molar-refractivity contribution in [2.75, 3.05) is 17.6 Å². The maximum atomic E-state index is 9.89. The van der Waals surface area contributed by atoms with Crippen LogP contribution in [0, 0.1) is 0 Å². The van der Waals surface area contributed by atoms with Crippen LogP contribution in [0.4, 0.5) is 11.5 Å². The van der Waals surface area contributed by atoms with E-state index in [2.05, 4.69) is 33.5 Å². The summed E-state index contributed by atoms with van der Waals surface area (Å²) in [5, 5.41) is 14.5. The Hall–Kier alpha value is -2.40. The summed E-state index contributed by atoms with van der Waals surface area (Å²) in [7, 11) is 0. The minimum atomic E-state index is -0.206. The van der Waals surface area contributed by atoms with Gasteiger partial charge in [-0.1, -0.05) is 12.1 Å². The van der Waals surface area contributed by atoms with E-state index in [-0.39, 0.29) is 12.1 Å². The molecule has 4 rings (SSSR count). The van der Waals surface area contributed by atoms with Crippen molar-refractivity contribution in [3.05, 3.63) is 35.9 Å². The molecule has 0 saturated heterocycles. The molecule has 2 aromatic rings. The summed E-state index contributed by atoms with van der Waals surface area (Å²) in [5.74, 6) is 0.509. The van der Waals surface area contributed by atoms with Gasteiger partial charge in [0.05, 0.1) is 18.2 Å². The molecular weight excluding hydrogens is 300 g/mol. The molecule has 24 heavy (non-hydrogen) atoms. The molecular formula is C19H22N4O. The fourth-order valence-electron chi connectivity index (χ4n) is 3.62. The number of nitrogen functional groups attached to an aromatic ring is 1. The van der Waals surface area contributed by atoms with Crippen LogP contribution >= 0.6 is 0 Å². The number of fused-ring (bicyclic) bond motifs is 1. The van der Waals surface area contributed by atoms with E-state index >= 15 is 0 Å². The number of hydrogen-bond acceptors (Lipinski definition) is 5. The summed E-state index contributed by atoms with van der Waals surface area (Å²) in [4.78, 5) is 8.74. The van der Waals surface area contributed by atoms with Crippen LogP contribution in [0.3, 0.4) is 0 Å². The van der Waals surface area contributed by atoms with Crippen LogP contribution in [0.5, 0.6) is 0 Å². The Morgan fingerprint density at radius 3 is 2.92 bits per heavy atom. The summed E-state index contributed by atoms with van der Waals surface area (Å²) in [5.41, 5.74) is 10.2. The van der Waals surface area contributed by atoms with Gasteiger partial charge in [0.2, 0.25) is 0 Å². The van der Waals surface area contributed by atoms with E-state index in [0.717, 1.165) is 54.4 Å². The van der Waals surface area contributed by atoms with Gasteiger partial charge >= 0.3 is 0 Å². The maximum absolute atomic E-state index is 9.89. The van der Waals surface area contributed by atoms with Gasteiger partial charge in [0, 0.05) is 29.4 Å². The molecule has 2 unspecified atom stereocenters. The number of aromatic nitrogens is 1. The first kappa shape index (κ1) is 15.1. The molecule has 1 aliphatic heterocycles. The van der Waals surface area contributed by atoms with Crippen LogP contribution in [-0.4, -0.2) is 35.0 Å². The molecule has 1 aliphatic carbocycles. The molecule has 1 fully saturated rings. The number of nitrogens with two attached hydrogens (primary N) is 1. The number of aliphatic hydroxyl groups is 1. The lowest BCUT2D eigenvalue weighted by Crippen LogP contribution is -2.30. The lowest BCUT2D eigenvalue weighted by molar-refractivity contribution is 0.124. The lowest BCUT2D eigenvalue weighted by Gasteiger charge is -2.28. The Labute approximate surface area is 141 Å². The van der Waals surface area contributed by atoms with E-state index in [4.69, 9.17) is 5.73 Å². The van der Waals surface area contributed by atoms with E-state index in [1.165, 1.54) is 5.57 Å².